The number of hydrogen-bond donors (Lipinski definition) is 0. The summed E-state index contributed by atoms with van der Waals surface area (Å²) < 4.78 is 0. The van der Waals surface area contributed by atoms with Crippen molar-refractivity contribution in [2.24, 2.45) is 11.8 Å². The Balaban J connectivity index is 1.81. The van der Waals surface area contributed by atoms with Crippen LogP contribution in [0.3, 0.4) is 0 Å². The van der Waals surface area contributed by atoms with Crippen molar-refractivity contribution in [2.45, 2.75) is 24.6 Å². The van der Waals surface area contributed by atoms with Gasteiger partial charge in [0.15, 0.2) is 0 Å². The number of hydrogen-bond acceptors (Lipinski definition) is 1. The largest absolute Gasteiger partial charge is 0.253 e. The summed E-state index contributed by atoms with van der Waals surface area (Å²) in [7, 11) is 0. The molecule has 1 aliphatic carbocycles. The van der Waals surface area contributed by atoms with Crippen molar-refractivity contribution in [1.82, 2.24) is 4.98 Å². The van der Waals surface area contributed by atoms with Gasteiger partial charge < -0.3 is 0 Å². The number of fused-ring (bicyclic) bond motifs is 1. The average molecular weight is 290 g/mol. The highest BCUT2D eigenvalue weighted by Crippen LogP contribution is 2.44. The normalized spacial score (nSPS) is 24.8. The van der Waals surface area contributed by atoms with E-state index in [1.807, 2.05) is 6.07 Å². The minimum absolute atomic E-state index is 0.589. The molecule has 1 aromatic heterocycles. The first-order valence-electron chi connectivity index (χ1n) is 6.23. The molecule has 1 aromatic carbocycles. The molecule has 1 aliphatic rings. The summed E-state index contributed by atoms with van der Waals surface area (Å²) in [6, 6.07) is 12.6. The van der Waals surface area contributed by atoms with Crippen LogP contribution in [0.25, 0.3) is 10.9 Å². The Morgan fingerprint density at radius 2 is 2.06 bits per heavy atom. The van der Waals surface area contributed by atoms with E-state index < -0.39 is 0 Å². The lowest BCUT2D eigenvalue weighted by molar-refractivity contribution is 0.694. The molecule has 0 saturated heterocycles. The predicted octanol–water partition coefficient (Wildman–Crippen LogP) is 4.20. The summed E-state index contributed by atoms with van der Waals surface area (Å²) in [4.78, 5) is 5.31. The second-order valence-electron chi connectivity index (χ2n) is 5.09. The summed E-state index contributed by atoms with van der Waals surface area (Å²) in [5.74, 6) is 1.74. The topological polar surface area (TPSA) is 12.9 Å². The standard InChI is InChI=1S/C15H16BrN/c1-10-8-13(10)14(16)9-12-7-6-11-4-2-3-5-15(11)17-12/h2-7,10,13-14H,8-9H2,1H3. The van der Waals surface area contributed by atoms with E-state index in [-0.39, 0.29) is 0 Å². The van der Waals surface area contributed by atoms with E-state index in [0.717, 1.165) is 23.8 Å². The zero-order valence-corrected chi connectivity index (χ0v) is 11.5. The maximum Gasteiger partial charge on any atom is 0.0705 e. The highest BCUT2D eigenvalue weighted by atomic mass is 79.9. The zero-order valence-electron chi connectivity index (χ0n) is 9.94. The highest BCUT2D eigenvalue weighted by molar-refractivity contribution is 9.09. The lowest BCUT2D eigenvalue weighted by Gasteiger charge is -2.08. The number of para-hydroxylation sites is 1. The minimum atomic E-state index is 0.589. The molecular formula is C15H16BrN. The lowest BCUT2D eigenvalue weighted by Crippen LogP contribution is -2.07. The molecule has 88 valence electrons. The number of halogens is 1. The van der Waals surface area contributed by atoms with E-state index >= 15 is 0 Å². The van der Waals surface area contributed by atoms with Crippen LogP contribution in [0, 0.1) is 11.8 Å². The minimum Gasteiger partial charge on any atom is -0.253 e. The Labute approximate surface area is 110 Å². The Morgan fingerprint density at radius 3 is 2.82 bits per heavy atom. The van der Waals surface area contributed by atoms with E-state index in [4.69, 9.17) is 4.98 Å². The first kappa shape index (κ1) is 11.2. The van der Waals surface area contributed by atoms with Crippen LogP contribution in [0.4, 0.5) is 0 Å². The van der Waals surface area contributed by atoms with Crippen molar-refractivity contribution < 1.29 is 0 Å². The van der Waals surface area contributed by atoms with Gasteiger partial charge in [0, 0.05) is 22.3 Å². The number of pyridine rings is 1. The second-order valence-corrected chi connectivity index (χ2v) is 6.27. The van der Waals surface area contributed by atoms with Crippen molar-refractivity contribution in [1.29, 1.82) is 0 Å². The van der Waals surface area contributed by atoms with Crippen molar-refractivity contribution in [3.05, 3.63) is 42.1 Å². The fraction of sp³-hybridized carbons (Fsp3) is 0.400. The number of rotatable bonds is 3. The van der Waals surface area contributed by atoms with Gasteiger partial charge in [-0.05, 0) is 30.4 Å². The molecule has 2 aromatic rings. The van der Waals surface area contributed by atoms with Crippen LogP contribution in [-0.2, 0) is 6.42 Å². The van der Waals surface area contributed by atoms with E-state index in [0.29, 0.717) is 4.83 Å². The molecule has 3 rings (SSSR count). The van der Waals surface area contributed by atoms with Crippen molar-refractivity contribution >= 4 is 26.8 Å². The molecule has 1 heterocycles. The fourth-order valence-corrected chi connectivity index (χ4v) is 3.50. The fourth-order valence-electron chi connectivity index (χ4n) is 2.43. The van der Waals surface area contributed by atoms with E-state index in [9.17, 15) is 0 Å². The third-order valence-corrected chi connectivity index (χ3v) is 4.70. The van der Waals surface area contributed by atoms with Crippen LogP contribution in [0.1, 0.15) is 19.0 Å². The van der Waals surface area contributed by atoms with Gasteiger partial charge >= 0.3 is 0 Å². The SMILES string of the molecule is CC1CC1C(Br)Cc1ccc2ccccc2n1. The van der Waals surface area contributed by atoms with Gasteiger partial charge in [-0.1, -0.05) is 47.1 Å². The second kappa shape index (κ2) is 4.41. The highest BCUT2D eigenvalue weighted by Gasteiger charge is 2.38. The van der Waals surface area contributed by atoms with Crippen LogP contribution in [0.2, 0.25) is 0 Å². The number of aromatic nitrogens is 1. The Hall–Kier alpha value is -0.890. The lowest BCUT2D eigenvalue weighted by atomic mass is 10.1. The van der Waals surface area contributed by atoms with Gasteiger partial charge in [-0.3, -0.25) is 4.98 Å². The summed E-state index contributed by atoms with van der Waals surface area (Å²) in [5.41, 5.74) is 2.30. The molecule has 1 nitrogen and oxygen atoms in total. The van der Waals surface area contributed by atoms with E-state index in [2.05, 4.69) is 53.2 Å². The molecule has 0 aliphatic heterocycles. The first-order chi connectivity index (χ1) is 8.24. The van der Waals surface area contributed by atoms with Crippen LogP contribution in [0.5, 0.6) is 0 Å². The third-order valence-electron chi connectivity index (χ3n) is 3.70. The summed E-state index contributed by atoms with van der Waals surface area (Å²) in [5, 5.41) is 1.22. The molecule has 3 atom stereocenters. The molecule has 17 heavy (non-hydrogen) atoms. The molecule has 0 radical (unpaired) electrons. The number of nitrogens with zero attached hydrogens (tertiary/aromatic N) is 1. The summed E-state index contributed by atoms with van der Waals surface area (Å²) in [6.07, 6.45) is 2.41. The van der Waals surface area contributed by atoms with Crippen molar-refractivity contribution in [3.8, 4) is 0 Å². The van der Waals surface area contributed by atoms with Gasteiger partial charge in [0.05, 0.1) is 5.52 Å². The van der Waals surface area contributed by atoms with Crippen molar-refractivity contribution in [2.75, 3.05) is 0 Å². The van der Waals surface area contributed by atoms with E-state index in [1.54, 1.807) is 0 Å². The molecule has 1 fully saturated rings. The molecule has 0 amide bonds. The molecule has 0 spiro atoms. The quantitative estimate of drug-likeness (QED) is 0.772. The number of benzene rings is 1. The van der Waals surface area contributed by atoms with Crippen molar-refractivity contribution in [3.63, 3.8) is 0 Å². The molecule has 3 unspecified atom stereocenters. The Morgan fingerprint density at radius 1 is 1.29 bits per heavy atom. The smallest absolute Gasteiger partial charge is 0.0705 e. The van der Waals surface area contributed by atoms with Gasteiger partial charge in [0.2, 0.25) is 0 Å². The van der Waals surface area contributed by atoms with E-state index in [1.165, 1.54) is 17.5 Å². The molecule has 2 heteroatoms. The Kier molecular flexibility index (Phi) is 2.91. The van der Waals surface area contributed by atoms with Gasteiger partial charge in [-0.25, -0.2) is 0 Å². The summed E-state index contributed by atoms with van der Waals surface area (Å²) in [6.45, 7) is 2.33. The van der Waals surface area contributed by atoms with Crippen LogP contribution >= 0.6 is 15.9 Å². The summed E-state index contributed by atoms with van der Waals surface area (Å²) >= 11 is 3.81. The van der Waals surface area contributed by atoms with Gasteiger partial charge in [0.25, 0.3) is 0 Å². The molecule has 0 N–H and O–H groups in total. The monoisotopic (exact) mass is 289 g/mol. The molecule has 1 saturated carbocycles. The number of alkyl halides is 1. The van der Waals surface area contributed by atoms with Crippen LogP contribution < -0.4 is 0 Å². The zero-order chi connectivity index (χ0) is 11.8. The van der Waals surface area contributed by atoms with Gasteiger partial charge in [0.1, 0.15) is 0 Å². The molecular weight excluding hydrogens is 274 g/mol. The van der Waals surface area contributed by atoms with Gasteiger partial charge in [-0.2, -0.15) is 0 Å². The average Bonchev–Trinajstić information content (AvgIpc) is 3.06. The molecule has 0 bridgehead atoms. The van der Waals surface area contributed by atoms with Crippen LogP contribution in [0.15, 0.2) is 36.4 Å². The third kappa shape index (κ3) is 2.37. The maximum atomic E-state index is 4.72. The predicted molar refractivity (Wildman–Crippen MR) is 75.4 cm³/mol. The van der Waals surface area contributed by atoms with Crippen LogP contribution in [-0.4, -0.2) is 9.81 Å². The maximum absolute atomic E-state index is 4.72. The van der Waals surface area contributed by atoms with Gasteiger partial charge in [-0.15, -0.1) is 0 Å². The Bertz CT molecular complexity index is 537. The first-order valence-corrected chi connectivity index (χ1v) is 7.14.